The van der Waals surface area contributed by atoms with Gasteiger partial charge in [0.25, 0.3) is 0 Å². The van der Waals surface area contributed by atoms with Gasteiger partial charge in [-0.3, -0.25) is 4.79 Å². The lowest BCUT2D eigenvalue weighted by atomic mass is 9.97. The Morgan fingerprint density at radius 1 is 0.710 bits per heavy atom. The van der Waals surface area contributed by atoms with E-state index in [1.165, 1.54) is 0 Å². The van der Waals surface area contributed by atoms with Gasteiger partial charge in [0, 0.05) is 16.5 Å². The van der Waals surface area contributed by atoms with E-state index < -0.39 is 11.2 Å². The van der Waals surface area contributed by atoms with Crippen LogP contribution in [0.25, 0.3) is 43.5 Å². The second-order valence-electron chi connectivity index (χ2n) is 7.44. The largest absolute Gasteiger partial charge is 0.350 e. The molecule has 6 heteroatoms. The minimum Gasteiger partial charge on any atom is -0.349 e. The fraction of sp³-hybridized carbons (Fsp3) is 0. The van der Waals surface area contributed by atoms with Crippen LogP contribution < -0.4 is 11.2 Å². The molecular weight excluding hydrogens is 388 g/mol. The van der Waals surface area contributed by atoms with E-state index in [0.29, 0.717) is 11.0 Å². The molecule has 31 heavy (non-hydrogen) atoms. The molecule has 2 aromatic heterocycles. The zero-order valence-corrected chi connectivity index (χ0v) is 16.3. The molecule has 6 rings (SSSR count). The fourth-order valence-corrected chi connectivity index (χ4v) is 4.20. The molecule has 0 fully saturated rings. The Morgan fingerprint density at radius 3 is 2.03 bits per heavy atom. The van der Waals surface area contributed by atoms with Crippen LogP contribution in [0.1, 0.15) is 5.56 Å². The van der Waals surface area contributed by atoms with Gasteiger partial charge in [0.1, 0.15) is 5.52 Å². The van der Waals surface area contributed by atoms with Crippen molar-refractivity contribution in [1.82, 2.24) is 14.6 Å². The monoisotopic (exact) mass is 404 g/mol. The van der Waals surface area contributed by atoms with E-state index in [-0.39, 0.29) is 0 Å². The average molecular weight is 404 g/mol. The van der Waals surface area contributed by atoms with E-state index in [9.17, 15) is 9.59 Å². The average Bonchev–Trinajstić information content (AvgIpc) is 3.17. The van der Waals surface area contributed by atoms with Gasteiger partial charge < -0.3 is 9.97 Å². The molecule has 2 N–H and O–H groups in total. The van der Waals surface area contributed by atoms with Crippen LogP contribution in [-0.2, 0) is 0 Å². The Hall–Kier alpha value is -4.45. The lowest BCUT2D eigenvalue weighted by molar-refractivity contribution is 0.770. The summed E-state index contributed by atoms with van der Waals surface area (Å²) in [7, 11) is 0. The molecule has 0 aliphatic heterocycles. The highest BCUT2D eigenvalue weighted by Gasteiger charge is 2.12. The fourth-order valence-electron chi connectivity index (χ4n) is 4.20. The summed E-state index contributed by atoms with van der Waals surface area (Å²) in [5.41, 5.74) is 1.39. The minimum atomic E-state index is -0.581. The van der Waals surface area contributed by atoms with Crippen LogP contribution in [0.2, 0.25) is 0 Å². The summed E-state index contributed by atoms with van der Waals surface area (Å²) in [6.07, 6.45) is 1.59. The van der Waals surface area contributed by atoms with Gasteiger partial charge in [-0.2, -0.15) is 5.10 Å². The van der Waals surface area contributed by atoms with Crippen LogP contribution in [0, 0.1) is 0 Å². The van der Waals surface area contributed by atoms with Crippen molar-refractivity contribution >= 4 is 49.7 Å². The zero-order valence-electron chi connectivity index (χ0n) is 16.3. The predicted molar refractivity (Wildman–Crippen MR) is 125 cm³/mol. The van der Waals surface area contributed by atoms with Gasteiger partial charge in [-0.1, -0.05) is 66.7 Å². The summed E-state index contributed by atoms with van der Waals surface area (Å²) < 4.78 is 0.869. The third-order valence-electron chi connectivity index (χ3n) is 5.65. The molecule has 4 aromatic carbocycles. The van der Waals surface area contributed by atoms with Crippen molar-refractivity contribution in [3.63, 3.8) is 0 Å². The van der Waals surface area contributed by atoms with Crippen LogP contribution in [-0.4, -0.2) is 20.9 Å². The van der Waals surface area contributed by atoms with E-state index in [2.05, 4.69) is 21.1 Å². The first-order valence-corrected chi connectivity index (χ1v) is 9.91. The summed E-state index contributed by atoms with van der Waals surface area (Å²) in [4.78, 5) is 31.7. The SMILES string of the molecule is O=c1[nH]c2c([nH]c3ccccc32)c(=O)n1N=Cc1c2ccccc2cc2ccccc12. The quantitative estimate of drug-likeness (QED) is 0.332. The molecule has 2 heterocycles. The van der Waals surface area contributed by atoms with Gasteiger partial charge in [-0.25, -0.2) is 4.79 Å². The van der Waals surface area contributed by atoms with Crippen LogP contribution in [0.4, 0.5) is 0 Å². The zero-order chi connectivity index (χ0) is 20.9. The van der Waals surface area contributed by atoms with Crippen LogP contribution in [0.15, 0.2) is 93.6 Å². The number of nitrogens with one attached hydrogen (secondary N) is 2. The number of aromatic nitrogens is 3. The summed E-state index contributed by atoms with van der Waals surface area (Å²) in [6, 6.07) is 25.6. The van der Waals surface area contributed by atoms with Crippen LogP contribution >= 0.6 is 0 Å². The molecule has 0 saturated carbocycles. The molecule has 0 unspecified atom stereocenters. The number of rotatable bonds is 2. The Labute approximate surface area is 175 Å². The number of nitrogens with zero attached hydrogens (tertiary/aromatic N) is 2. The van der Waals surface area contributed by atoms with Crippen LogP contribution in [0.5, 0.6) is 0 Å². The van der Waals surface area contributed by atoms with E-state index in [1.807, 2.05) is 72.8 Å². The Balaban J connectivity index is 1.61. The predicted octanol–water partition coefficient (Wildman–Crippen LogP) is 4.36. The van der Waals surface area contributed by atoms with Crippen molar-refractivity contribution in [3.05, 3.63) is 105 Å². The van der Waals surface area contributed by atoms with Gasteiger partial charge in [-0.05, 0) is 33.7 Å². The molecule has 0 aliphatic carbocycles. The lowest BCUT2D eigenvalue weighted by Crippen LogP contribution is -2.32. The smallest absolute Gasteiger partial charge is 0.349 e. The maximum Gasteiger partial charge on any atom is 0.350 e. The van der Waals surface area contributed by atoms with Gasteiger partial charge >= 0.3 is 11.2 Å². The summed E-state index contributed by atoms with van der Waals surface area (Å²) in [6.45, 7) is 0. The molecule has 0 spiro atoms. The first-order chi connectivity index (χ1) is 15.2. The summed E-state index contributed by atoms with van der Waals surface area (Å²) in [5, 5.41) is 9.24. The number of aromatic amines is 2. The molecule has 0 radical (unpaired) electrons. The highest BCUT2D eigenvalue weighted by Crippen LogP contribution is 2.27. The third-order valence-corrected chi connectivity index (χ3v) is 5.65. The number of H-pyrrole nitrogens is 2. The van der Waals surface area contributed by atoms with Crippen molar-refractivity contribution in [1.29, 1.82) is 0 Å². The molecule has 6 nitrogen and oxygen atoms in total. The molecule has 0 amide bonds. The molecule has 148 valence electrons. The standard InChI is InChI=1S/C25H16N4O2/c30-24-23-22(19-11-5-6-12-21(19)27-23)28-25(31)29(24)26-14-20-17-9-3-1-7-15(17)13-16-8-2-4-10-18(16)20/h1-14,27H,(H,28,31). The lowest BCUT2D eigenvalue weighted by Gasteiger charge is -2.08. The van der Waals surface area contributed by atoms with Gasteiger partial charge in [-0.15, -0.1) is 4.68 Å². The Morgan fingerprint density at radius 2 is 1.32 bits per heavy atom. The second-order valence-corrected chi connectivity index (χ2v) is 7.44. The Bertz CT molecular complexity index is 1730. The first-order valence-electron chi connectivity index (χ1n) is 9.91. The maximum atomic E-state index is 13.1. The van der Waals surface area contributed by atoms with Crippen LogP contribution in [0.3, 0.4) is 0 Å². The Kier molecular flexibility index (Phi) is 3.67. The van der Waals surface area contributed by atoms with Crippen molar-refractivity contribution < 1.29 is 0 Å². The van der Waals surface area contributed by atoms with Crippen molar-refractivity contribution in [2.75, 3.05) is 0 Å². The van der Waals surface area contributed by atoms with E-state index in [0.717, 1.165) is 42.7 Å². The molecule has 0 aliphatic rings. The molecule has 6 aromatic rings. The maximum absolute atomic E-state index is 13.1. The first kappa shape index (κ1) is 17.4. The van der Waals surface area contributed by atoms with E-state index in [1.54, 1.807) is 6.21 Å². The van der Waals surface area contributed by atoms with Crippen molar-refractivity contribution in [2.45, 2.75) is 0 Å². The highest BCUT2D eigenvalue weighted by molar-refractivity contribution is 6.13. The van der Waals surface area contributed by atoms with Gasteiger partial charge in [0.15, 0.2) is 0 Å². The van der Waals surface area contributed by atoms with Crippen molar-refractivity contribution in [2.24, 2.45) is 5.10 Å². The number of fused-ring (bicyclic) bond motifs is 5. The minimum absolute atomic E-state index is 0.320. The van der Waals surface area contributed by atoms with Crippen molar-refractivity contribution in [3.8, 4) is 0 Å². The summed E-state index contributed by atoms with van der Waals surface area (Å²) in [5.74, 6) is 0. The normalized spacial score (nSPS) is 12.0. The molecule has 0 bridgehead atoms. The van der Waals surface area contributed by atoms with Gasteiger partial charge in [0.2, 0.25) is 0 Å². The highest BCUT2D eigenvalue weighted by atomic mass is 16.2. The molecular formula is C25H16N4O2. The van der Waals surface area contributed by atoms with E-state index >= 15 is 0 Å². The second kappa shape index (κ2) is 6.53. The third kappa shape index (κ3) is 2.62. The molecule has 0 saturated heterocycles. The topological polar surface area (TPSA) is 83.0 Å². The summed E-state index contributed by atoms with van der Waals surface area (Å²) >= 11 is 0. The number of benzene rings is 4. The number of para-hydroxylation sites is 1. The van der Waals surface area contributed by atoms with Gasteiger partial charge in [0.05, 0.1) is 11.7 Å². The number of hydrogen-bond acceptors (Lipinski definition) is 3. The number of hydrogen-bond donors (Lipinski definition) is 2. The van der Waals surface area contributed by atoms with E-state index in [4.69, 9.17) is 0 Å². The molecule has 0 atom stereocenters.